The summed E-state index contributed by atoms with van der Waals surface area (Å²) in [5, 5.41) is 3.36. The monoisotopic (exact) mass is 390 g/mol. The molecule has 4 rings (SSSR count). The fourth-order valence-electron chi connectivity index (χ4n) is 3.65. The Morgan fingerprint density at radius 2 is 2.07 bits per heavy atom. The molecule has 3 aromatic heterocycles. The summed E-state index contributed by atoms with van der Waals surface area (Å²) >= 11 is 0. The summed E-state index contributed by atoms with van der Waals surface area (Å²) in [5.74, 6) is 0.298. The summed E-state index contributed by atoms with van der Waals surface area (Å²) in [6, 6.07) is 4.04. The molecule has 152 valence electrons. The summed E-state index contributed by atoms with van der Waals surface area (Å²) in [7, 11) is 0. The Morgan fingerprint density at radius 3 is 2.62 bits per heavy atom. The molecule has 3 N–H and O–H groups in total. The molecule has 6 heteroatoms. The van der Waals surface area contributed by atoms with Gasteiger partial charge in [-0.25, -0.2) is 15.0 Å². The van der Waals surface area contributed by atoms with Gasteiger partial charge < -0.3 is 15.5 Å². The van der Waals surface area contributed by atoms with Crippen LogP contribution in [0, 0.1) is 6.92 Å². The molecule has 29 heavy (non-hydrogen) atoms. The lowest BCUT2D eigenvalue weighted by molar-refractivity contribution is 0.228. The SMILES string of the molecule is C/C=C(/c1ccc2nccn2c1)c1cnc(N)nc1C.C=C(C)NC1(C)CCC1. The van der Waals surface area contributed by atoms with Crippen LogP contribution < -0.4 is 11.1 Å². The van der Waals surface area contributed by atoms with Gasteiger partial charge in [-0.05, 0) is 70.2 Å². The summed E-state index contributed by atoms with van der Waals surface area (Å²) < 4.78 is 1.99. The third-order valence-corrected chi connectivity index (χ3v) is 5.25. The topological polar surface area (TPSA) is 81.1 Å². The second-order valence-electron chi connectivity index (χ2n) is 7.86. The lowest BCUT2D eigenvalue weighted by Gasteiger charge is -2.40. The number of aromatic nitrogens is 4. The van der Waals surface area contributed by atoms with Crippen LogP contribution in [0.1, 0.15) is 56.9 Å². The number of nitrogen functional groups attached to an aromatic ring is 1. The molecule has 0 unspecified atom stereocenters. The maximum absolute atomic E-state index is 5.61. The molecule has 0 spiro atoms. The molecule has 0 saturated heterocycles. The van der Waals surface area contributed by atoms with Crippen LogP contribution in [-0.4, -0.2) is 24.9 Å². The average Bonchev–Trinajstić information content (AvgIpc) is 3.11. The van der Waals surface area contributed by atoms with Gasteiger partial charge in [0.15, 0.2) is 0 Å². The van der Waals surface area contributed by atoms with E-state index in [0.29, 0.717) is 11.5 Å². The minimum Gasteiger partial charge on any atom is -0.384 e. The van der Waals surface area contributed by atoms with Gasteiger partial charge in [-0.15, -0.1) is 0 Å². The highest BCUT2D eigenvalue weighted by Crippen LogP contribution is 2.31. The molecule has 1 fully saturated rings. The molecule has 1 aliphatic rings. The minimum atomic E-state index is 0.298. The standard InChI is InChI=1S/C15H15N5.C8H15N/c1-3-12(13-8-18-15(16)19-10(13)2)11-4-5-14-17-6-7-20(14)9-11;1-7(2)9-8(3)5-4-6-8/h3-9H,1-2H3,(H2,16,18,19);9H,1,4-6H2,2-3H3/b12-3-;. The molecule has 0 bridgehead atoms. The number of anilines is 1. The maximum atomic E-state index is 5.61. The number of pyridine rings is 1. The van der Waals surface area contributed by atoms with E-state index in [1.54, 1.807) is 12.4 Å². The predicted molar refractivity (Wildman–Crippen MR) is 119 cm³/mol. The molecule has 0 amide bonds. The van der Waals surface area contributed by atoms with Gasteiger partial charge >= 0.3 is 0 Å². The molecule has 6 nitrogen and oxygen atoms in total. The molecular formula is C23H30N6. The van der Waals surface area contributed by atoms with Crippen molar-refractivity contribution < 1.29 is 0 Å². The van der Waals surface area contributed by atoms with Gasteiger partial charge in [0.2, 0.25) is 5.95 Å². The molecule has 3 aromatic rings. The van der Waals surface area contributed by atoms with Crippen LogP contribution in [0.2, 0.25) is 0 Å². The predicted octanol–water partition coefficient (Wildman–Crippen LogP) is 4.52. The highest BCUT2D eigenvalue weighted by Gasteiger charge is 2.30. The fraction of sp³-hybridized carbons (Fsp3) is 0.348. The number of hydrogen-bond donors (Lipinski definition) is 2. The molecule has 1 aliphatic carbocycles. The Morgan fingerprint density at radius 1 is 1.31 bits per heavy atom. The third kappa shape index (κ3) is 4.83. The summed E-state index contributed by atoms with van der Waals surface area (Å²) in [6.45, 7) is 12.0. The highest BCUT2D eigenvalue weighted by molar-refractivity contribution is 5.80. The second-order valence-corrected chi connectivity index (χ2v) is 7.86. The summed E-state index contributed by atoms with van der Waals surface area (Å²) in [5.41, 5.74) is 12.1. The Hall–Kier alpha value is -3.15. The van der Waals surface area contributed by atoms with Crippen molar-refractivity contribution in [1.29, 1.82) is 0 Å². The van der Waals surface area contributed by atoms with Crippen molar-refractivity contribution in [2.75, 3.05) is 5.73 Å². The van der Waals surface area contributed by atoms with E-state index in [-0.39, 0.29) is 0 Å². The van der Waals surface area contributed by atoms with E-state index in [0.717, 1.165) is 33.7 Å². The number of nitrogens with one attached hydrogen (secondary N) is 1. The number of aryl methyl sites for hydroxylation is 1. The van der Waals surface area contributed by atoms with Crippen molar-refractivity contribution in [1.82, 2.24) is 24.7 Å². The van der Waals surface area contributed by atoms with E-state index >= 15 is 0 Å². The van der Waals surface area contributed by atoms with Crippen LogP contribution >= 0.6 is 0 Å². The largest absolute Gasteiger partial charge is 0.384 e. The van der Waals surface area contributed by atoms with E-state index < -0.39 is 0 Å². The normalized spacial score (nSPS) is 15.2. The van der Waals surface area contributed by atoms with Crippen LogP contribution in [0.5, 0.6) is 0 Å². The zero-order valence-corrected chi connectivity index (χ0v) is 17.7. The van der Waals surface area contributed by atoms with Gasteiger partial charge in [0.25, 0.3) is 0 Å². The molecule has 0 aliphatic heterocycles. The van der Waals surface area contributed by atoms with Crippen LogP contribution in [0.25, 0.3) is 11.2 Å². The summed E-state index contributed by atoms with van der Waals surface area (Å²) in [6.07, 6.45) is 13.6. The van der Waals surface area contributed by atoms with Crippen molar-refractivity contribution in [3.05, 3.63) is 72.1 Å². The smallest absolute Gasteiger partial charge is 0.220 e. The van der Waals surface area contributed by atoms with Gasteiger partial charge in [0.05, 0.1) is 5.69 Å². The Kier molecular flexibility index (Phi) is 6.01. The number of nitrogens with zero attached hydrogens (tertiary/aromatic N) is 4. The van der Waals surface area contributed by atoms with Crippen LogP contribution in [0.3, 0.4) is 0 Å². The second kappa shape index (κ2) is 8.47. The zero-order valence-electron chi connectivity index (χ0n) is 17.7. The Balaban J connectivity index is 0.000000224. The van der Waals surface area contributed by atoms with Gasteiger partial charge in [-0.3, -0.25) is 0 Å². The number of fused-ring (bicyclic) bond motifs is 1. The number of rotatable bonds is 4. The molecule has 0 aromatic carbocycles. The Bertz CT molecular complexity index is 1040. The number of allylic oxidation sites excluding steroid dienone is 2. The van der Waals surface area contributed by atoms with Crippen molar-refractivity contribution in [3.8, 4) is 0 Å². The fourth-order valence-corrected chi connectivity index (χ4v) is 3.65. The van der Waals surface area contributed by atoms with Crippen LogP contribution in [0.15, 0.2) is 55.3 Å². The molecule has 0 radical (unpaired) electrons. The molecular weight excluding hydrogens is 360 g/mol. The van der Waals surface area contributed by atoms with E-state index in [1.165, 1.54) is 19.3 Å². The van der Waals surface area contributed by atoms with Crippen molar-refractivity contribution >= 4 is 17.2 Å². The van der Waals surface area contributed by atoms with Crippen molar-refractivity contribution in [2.45, 2.75) is 52.5 Å². The molecule has 3 heterocycles. The van der Waals surface area contributed by atoms with Gasteiger partial charge in [-0.1, -0.05) is 12.7 Å². The average molecular weight is 391 g/mol. The van der Waals surface area contributed by atoms with Crippen LogP contribution in [0.4, 0.5) is 5.95 Å². The van der Waals surface area contributed by atoms with Gasteiger partial charge in [-0.2, -0.15) is 0 Å². The first-order valence-corrected chi connectivity index (χ1v) is 9.94. The van der Waals surface area contributed by atoms with E-state index in [2.05, 4.69) is 39.8 Å². The number of hydrogen-bond acceptors (Lipinski definition) is 5. The summed E-state index contributed by atoms with van der Waals surface area (Å²) in [4.78, 5) is 12.6. The Labute approximate surface area is 172 Å². The first-order valence-electron chi connectivity index (χ1n) is 9.94. The van der Waals surface area contributed by atoms with Gasteiger partial charge in [0.1, 0.15) is 5.65 Å². The quantitative estimate of drug-likeness (QED) is 0.684. The lowest BCUT2D eigenvalue weighted by atomic mass is 9.78. The lowest BCUT2D eigenvalue weighted by Crippen LogP contribution is -2.46. The van der Waals surface area contributed by atoms with E-state index in [9.17, 15) is 0 Å². The zero-order chi connectivity index (χ0) is 21.0. The van der Waals surface area contributed by atoms with E-state index in [1.807, 2.05) is 49.7 Å². The number of nitrogens with two attached hydrogens (primary N) is 1. The highest BCUT2D eigenvalue weighted by atomic mass is 15.0. The third-order valence-electron chi connectivity index (χ3n) is 5.25. The van der Waals surface area contributed by atoms with Gasteiger partial charge in [0, 0.05) is 41.6 Å². The van der Waals surface area contributed by atoms with Crippen LogP contribution in [-0.2, 0) is 0 Å². The van der Waals surface area contributed by atoms with E-state index in [4.69, 9.17) is 5.73 Å². The molecule has 0 atom stereocenters. The van der Waals surface area contributed by atoms with Crippen molar-refractivity contribution in [2.24, 2.45) is 0 Å². The first kappa shape index (κ1) is 20.6. The van der Waals surface area contributed by atoms with Crippen molar-refractivity contribution in [3.63, 3.8) is 0 Å². The maximum Gasteiger partial charge on any atom is 0.220 e. The minimum absolute atomic E-state index is 0.298. The molecule has 1 saturated carbocycles. The first-order chi connectivity index (χ1) is 13.8. The number of imidazole rings is 1.